The SMILES string of the molecule is NNC(=O)c1ccoc1COCC(F)(F)F. The van der Waals surface area contributed by atoms with Gasteiger partial charge in [0, 0.05) is 0 Å². The van der Waals surface area contributed by atoms with Crippen molar-refractivity contribution in [2.24, 2.45) is 5.84 Å². The summed E-state index contributed by atoms with van der Waals surface area (Å²) in [6, 6.07) is 1.29. The van der Waals surface area contributed by atoms with Gasteiger partial charge in [0.15, 0.2) is 0 Å². The van der Waals surface area contributed by atoms with E-state index in [0.717, 1.165) is 6.26 Å². The summed E-state index contributed by atoms with van der Waals surface area (Å²) in [5.41, 5.74) is 1.88. The van der Waals surface area contributed by atoms with Gasteiger partial charge in [-0.3, -0.25) is 10.2 Å². The quantitative estimate of drug-likeness (QED) is 0.465. The average Bonchev–Trinajstić information content (AvgIpc) is 2.63. The highest BCUT2D eigenvalue weighted by atomic mass is 19.4. The molecule has 0 bridgehead atoms. The number of hydrazine groups is 1. The Hall–Kier alpha value is -1.54. The van der Waals surface area contributed by atoms with E-state index in [1.165, 1.54) is 6.07 Å². The number of carbonyl (C=O) groups is 1. The minimum atomic E-state index is -4.41. The van der Waals surface area contributed by atoms with Gasteiger partial charge in [0.25, 0.3) is 5.91 Å². The standard InChI is InChI=1S/C8H9F3N2O3/c9-8(10,11)4-15-3-6-5(1-2-16-6)7(14)13-12/h1-2H,3-4,12H2,(H,13,14). The van der Waals surface area contributed by atoms with E-state index >= 15 is 0 Å². The first-order chi connectivity index (χ1) is 7.44. The summed E-state index contributed by atoms with van der Waals surface area (Å²) in [6.45, 7) is -1.85. The van der Waals surface area contributed by atoms with Crippen molar-refractivity contribution in [2.75, 3.05) is 6.61 Å². The maximum absolute atomic E-state index is 11.8. The number of hydrogen-bond acceptors (Lipinski definition) is 4. The number of hydrogen-bond donors (Lipinski definition) is 2. The van der Waals surface area contributed by atoms with E-state index in [-0.39, 0.29) is 11.3 Å². The number of carbonyl (C=O) groups excluding carboxylic acids is 1. The minimum absolute atomic E-state index is 0.00722. The topological polar surface area (TPSA) is 77.5 Å². The Labute approximate surface area is 88.3 Å². The number of ether oxygens (including phenoxy) is 1. The van der Waals surface area contributed by atoms with E-state index in [1.807, 2.05) is 5.43 Å². The molecule has 1 heterocycles. The molecule has 0 fully saturated rings. The summed E-state index contributed by atoms with van der Waals surface area (Å²) in [5, 5.41) is 0. The first-order valence-corrected chi connectivity index (χ1v) is 4.16. The van der Waals surface area contributed by atoms with E-state index in [1.54, 1.807) is 0 Å². The van der Waals surface area contributed by atoms with Crippen molar-refractivity contribution in [3.63, 3.8) is 0 Å². The van der Waals surface area contributed by atoms with Crippen LogP contribution in [0.4, 0.5) is 13.2 Å². The summed E-state index contributed by atoms with van der Waals surface area (Å²) >= 11 is 0. The number of nitrogen functional groups attached to an aromatic ring is 1. The molecule has 1 rings (SSSR count). The molecule has 0 aliphatic heterocycles. The van der Waals surface area contributed by atoms with Crippen LogP contribution in [0.15, 0.2) is 16.7 Å². The third kappa shape index (κ3) is 3.55. The first-order valence-electron chi connectivity index (χ1n) is 4.16. The van der Waals surface area contributed by atoms with Crippen molar-refractivity contribution in [1.82, 2.24) is 5.43 Å². The van der Waals surface area contributed by atoms with E-state index in [0.29, 0.717) is 0 Å². The summed E-state index contributed by atoms with van der Waals surface area (Å²) in [7, 11) is 0. The fourth-order valence-electron chi connectivity index (χ4n) is 0.992. The molecular formula is C8H9F3N2O3. The number of halogens is 3. The molecule has 16 heavy (non-hydrogen) atoms. The van der Waals surface area contributed by atoms with Gasteiger partial charge in [0.2, 0.25) is 0 Å². The van der Waals surface area contributed by atoms with Crippen LogP contribution in [0.5, 0.6) is 0 Å². The minimum Gasteiger partial charge on any atom is -0.466 e. The van der Waals surface area contributed by atoms with Crippen molar-refractivity contribution < 1.29 is 27.1 Å². The van der Waals surface area contributed by atoms with Gasteiger partial charge in [-0.05, 0) is 6.07 Å². The molecular weight excluding hydrogens is 229 g/mol. The smallest absolute Gasteiger partial charge is 0.411 e. The Morgan fingerprint density at radius 3 is 2.81 bits per heavy atom. The molecule has 0 saturated heterocycles. The zero-order valence-corrected chi connectivity index (χ0v) is 8.00. The molecule has 0 spiro atoms. The van der Waals surface area contributed by atoms with Gasteiger partial charge in [-0.1, -0.05) is 0 Å². The highest BCUT2D eigenvalue weighted by Crippen LogP contribution is 2.17. The lowest BCUT2D eigenvalue weighted by atomic mass is 10.2. The molecule has 0 saturated carbocycles. The average molecular weight is 238 g/mol. The lowest BCUT2D eigenvalue weighted by Crippen LogP contribution is -2.30. The normalized spacial score (nSPS) is 11.5. The van der Waals surface area contributed by atoms with E-state index in [9.17, 15) is 18.0 Å². The number of rotatable bonds is 4. The summed E-state index contributed by atoms with van der Waals surface area (Å²) in [4.78, 5) is 11.1. The van der Waals surface area contributed by atoms with E-state index < -0.39 is 25.3 Å². The molecule has 8 heteroatoms. The van der Waals surface area contributed by atoms with Crippen LogP contribution in [0.25, 0.3) is 0 Å². The Kier molecular flexibility index (Phi) is 3.91. The van der Waals surface area contributed by atoms with Crippen LogP contribution in [0.1, 0.15) is 16.1 Å². The monoisotopic (exact) mass is 238 g/mol. The Morgan fingerprint density at radius 1 is 1.56 bits per heavy atom. The molecule has 1 aromatic rings. The van der Waals surface area contributed by atoms with Crippen molar-refractivity contribution in [3.8, 4) is 0 Å². The van der Waals surface area contributed by atoms with E-state index in [4.69, 9.17) is 10.3 Å². The molecule has 0 atom stereocenters. The van der Waals surface area contributed by atoms with Crippen LogP contribution in [-0.2, 0) is 11.3 Å². The molecule has 1 amide bonds. The second-order valence-corrected chi connectivity index (χ2v) is 2.84. The molecule has 0 aliphatic rings. The van der Waals surface area contributed by atoms with Crippen molar-refractivity contribution in [2.45, 2.75) is 12.8 Å². The molecule has 0 radical (unpaired) electrons. The number of furan rings is 1. The molecule has 0 aromatic carbocycles. The molecule has 0 aliphatic carbocycles. The summed E-state index contributed by atoms with van der Waals surface area (Å²) < 4.78 is 44.4. The third-order valence-corrected chi connectivity index (χ3v) is 1.62. The zero-order valence-electron chi connectivity index (χ0n) is 8.00. The molecule has 5 nitrogen and oxygen atoms in total. The molecule has 90 valence electrons. The van der Waals surface area contributed by atoms with Gasteiger partial charge in [-0.2, -0.15) is 13.2 Å². The molecule has 0 unspecified atom stereocenters. The van der Waals surface area contributed by atoms with Crippen LogP contribution >= 0.6 is 0 Å². The fraction of sp³-hybridized carbons (Fsp3) is 0.375. The lowest BCUT2D eigenvalue weighted by Gasteiger charge is -2.06. The van der Waals surface area contributed by atoms with Gasteiger partial charge in [-0.15, -0.1) is 0 Å². The summed E-state index contributed by atoms with van der Waals surface area (Å²) in [5.74, 6) is 4.21. The van der Waals surface area contributed by atoms with Crippen LogP contribution < -0.4 is 11.3 Å². The molecule has 1 aromatic heterocycles. The predicted octanol–water partition coefficient (Wildman–Crippen LogP) is 0.962. The van der Waals surface area contributed by atoms with Gasteiger partial charge < -0.3 is 9.15 Å². The molecule has 3 N–H and O–H groups in total. The highest BCUT2D eigenvalue weighted by Gasteiger charge is 2.28. The largest absolute Gasteiger partial charge is 0.466 e. The van der Waals surface area contributed by atoms with Crippen molar-refractivity contribution >= 4 is 5.91 Å². The maximum Gasteiger partial charge on any atom is 0.411 e. The highest BCUT2D eigenvalue weighted by molar-refractivity contribution is 5.94. The number of nitrogens with one attached hydrogen (secondary N) is 1. The zero-order chi connectivity index (χ0) is 12.2. The van der Waals surface area contributed by atoms with Crippen molar-refractivity contribution in [1.29, 1.82) is 0 Å². The summed E-state index contributed by atoms with van der Waals surface area (Å²) in [6.07, 6.45) is -3.25. The Balaban J connectivity index is 2.55. The van der Waals surface area contributed by atoms with Crippen LogP contribution in [0.2, 0.25) is 0 Å². The van der Waals surface area contributed by atoms with Crippen LogP contribution in [0, 0.1) is 0 Å². The lowest BCUT2D eigenvalue weighted by molar-refractivity contribution is -0.177. The second kappa shape index (κ2) is 4.99. The van der Waals surface area contributed by atoms with Crippen LogP contribution in [0.3, 0.4) is 0 Å². The Bertz CT molecular complexity index is 362. The van der Waals surface area contributed by atoms with Gasteiger partial charge in [0.1, 0.15) is 19.0 Å². The first kappa shape index (κ1) is 12.5. The second-order valence-electron chi connectivity index (χ2n) is 2.84. The maximum atomic E-state index is 11.8. The van der Waals surface area contributed by atoms with E-state index in [2.05, 4.69) is 4.74 Å². The number of amides is 1. The number of alkyl halides is 3. The third-order valence-electron chi connectivity index (χ3n) is 1.62. The van der Waals surface area contributed by atoms with Crippen LogP contribution in [-0.4, -0.2) is 18.7 Å². The van der Waals surface area contributed by atoms with Crippen molar-refractivity contribution in [3.05, 3.63) is 23.7 Å². The fourth-order valence-corrected chi connectivity index (χ4v) is 0.992. The Morgan fingerprint density at radius 2 is 2.25 bits per heavy atom. The van der Waals surface area contributed by atoms with Gasteiger partial charge >= 0.3 is 6.18 Å². The number of nitrogens with two attached hydrogens (primary N) is 1. The van der Waals surface area contributed by atoms with Gasteiger partial charge in [-0.25, -0.2) is 5.84 Å². The predicted molar refractivity (Wildman–Crippen MR) is 46.1 cm³/mol. The van der Waals surface area contributed by atoms with Gasteiger partial charge in [0.05, 0.1) is 11.8 Å².